The van der Waals surface area contributed by atoms with Gasteiger partial charge in [-0.15, -0.1) is 0 Å². The highest BCUT2D eigenvalue weighted by Gasteiger charge is 2.10. The van der Waals surface area contributed by atoms with Crippen molar-refractivity contribution >= 4 is 17.6 Å². The number of amides is 1. The highest BCUT2D eigenvalue weighted by Crippen LogP contribution is 2.12. The topological polar surface area (TPSA) is 77.8 Å². The number of hydrogen-bond donors (Lipinski definition) is 1. The van der Waals surface area contributed by atoms with Crippen LogP contribution < -0.4 is 5.32 Å². The maximum Gasteiger partial charge on any atom is 0.338 e. The van der Waals surface area contributed by atoms with Gasteiger partial charge >= 0.3 is 5.97 Å². The van der Waals surface area contributed by atoms with Crippen molar-refractivity contribution in [3.8, 4) is 0 Å². The predicted molar refractivity (Wildman–Crippen MR) is 75.3 cm³/mol. The predicted octanol–water partition coefficient (Wildman–Crippen LogP) is 2.34. The molecule has 0 saturated carbocycles. The lowest BCUT2D eigenvalue weighted by Crippen LogP contribution is -2.12. The van der Waals surface area contributed by atoms with Gasteiger partial charge in [-0.25, -0.2) is 4.79 Å². The smallest absolute Gasteiger partial charge is 0.338 e. The monoisotopic (exact) mass is 289 g/mol. The Kier molecular flexibility index (Phi) is 5.11. The summed E-state index contributed by atoms with van der Waals surface area (Å²) < 4.78 is 14.8. The quantitative estimate of drug-likeness (QED) is 0.652. The molecule has 2 aromatic rings. The lowest BCUT2D eigenvalue weighted by Gasteiger charge is -2.06. The van der Waals surface area contributed by atoms with Crippen molar-refractivity contribution < 1.29 is 23.5 Å². The third-order valence-corrected chi connectivity index (χ3v) is 2.64. The molecule has 0 atom stereocenters. The lowest BCUT2D eigenvalue weighted by molar-refractivity contribution is 0.0388. The number of furan rings is 1. The number of carbonyl (C=O) groups is 2. The summed E-state index contributed by atoms with van der Waals surface area (Å²) in [5, 5.41) is 2.66. The maximum atomic E-state index is 11.8. The summed E-state index contributed by atoms with van der Waals surface area (Å²) >= 11 is 0. The van der Waals surface area contributed by atoms with Crippen LogP contribution in [-0.2, 0) is 9.47 Å². The van der Waals surface area contributed by atoms with Crippen LogP contribution >= 0.6 is 0 Å². The van der Waals surface area contributed by atoms with Crippen LogP contribution in [0.2, 0.25) is 0 Å². The molecule has 0 saturated heterocycles. The summed E-state index contributed by atoms with van der Waals surface area (Å²) in [5.74, 6) is -0.565. The molecule has 21 heavy (non-hydrogen) atoms. The first-order valence-electron chi connectivity index (χ1n) is 6.31. The number of nitrogens with one attached hydrogen (secondary N) is 1. The van der Waals surface area contributed by atoms with Gasteiger partial charge in [0.25, 0.3) is 5.91 Å². The van der Waals surface area contributed by atoms with Crippen molar-refractivity contribution in [2.24, 2.45) is 0 Å². The molecule has 0 aliphatic carbocycles. The van der Waals surface area contributed by atoms with Crippen molar-refractivity contribution in [3.05, 3.63) is 54.0 Å². The highest BCUT2D eigenvalue weighted by molar-refractivity contribution is 6.02. The van der Waals surface area contributed by atoms with Gasteiger partial charge in [0.05, 0.1) is 18.4 Å². The number of ether oxygens (including phenoxy) is 2. The van der Waals surface area contributed by atoms with Gasteiger partial charge in [-0.05, 0) is 36.4 Å². The number of anilines is 1. The Bertz CT molecular complexity index is 589. The highest BCUT2D eigenvalue weighted by atomic mass is 16.6. The maximum absolute atomic E-state index is 11.8. The first-order valence-corrected chi connectivity index (χ1v) is 6.31. The van der Waals surface area contributed by atoms with Gasteiger partial charge in [0.2, 0.25) is 0 Å². The second-order valence-corrected chi connectivity index (χ2v) is 4.14. The third kappa shape index (κ3) is 4.19. The SMILES string of the molecule is COCCOC(=O)c1ccc(NC(=O)c2ccco2)cc1. The van der Waals surface area contributed by atoms with E-state index < -0.39 is 5.97 Å². The summed E-state index contributed by atoms with van der Waals surface area (Å²) in [4.78, 5) is 23.4. The summed E-state index contributed by atoms with van der Waals surface area (Å²) in [7, 11) is 1.53. The van der Waals surface area contributed by atoms with Crippen molar-refractivity contribution in [2.75, 3.05) is 25.6 Å². The van der Waals surface area contributed by atoms with Crippen LogP contribution in [0.15, 0.2) is 47.1 Å². The minimum Gasteiger partial charge on any atom is -0.460 e. The van der Waals surface area contributed by atoms with Gasteiger partial charge < -0.3 is 19.2 Å². The second-order valence-electron chi connectivity index (χ2n) is 4.14. The fraction of sp³-hybridized carbons (Fsp3) is 0.200. The van der Waals surface area contributed by atoms with E-state index in [0.717, 1.165) is 0 Å². The van der Waals surface area contributed by atoms with Gasteiger partial charge in [0, 0.05) is 12.8 Å². The van der Waals surface area contributed by atoms with E-state index >= 15 is 0 Å². The number of esters is 1. The first-order chi connectivity index (χ1) is 10.2. The standard InChI is InChI=1S/C15H15NO5/c1-19-9-10-21-15(18)11-4-6-12(7-5-11)16-14(17)13-3-2-8-20-13/h2-8H,9-10H2,1H3,(H,16,17). The molecule has 0 bridgehead atoms. The zero-order valence-corrected chi connectivity index (χ0v) is 11.5. The minimum absolute atomic E-state index is 0.201. The fourth-order valence-corrected chi connectivity index (χ4v) is 1.59. The van der Waals surface area contributed by atoms with E-state index in [0.29, 0.717) is 17.9 Å². The summed E-state index contributed by atoms with van der Waals surface area (Å²) in [5.41, 5.74) is 0.965. The molecule has 1 heterocycles. The van der Waals surface area contributed by atoms with Gasteiger partial charge in [-0.2, -0.15) is 0 Å². The Labute approximate surface area is 121 Å². The molecule has 1 aromatic carbocycles. The Morgan fingerprint density at radius 1 is 1.14 bits per heavy atom. The summed E-state index contributed by atoms with van der Waals surface area (Å²) in [6, 6.07) is 9.59. The zero-order chi connectivity index (χ0) is 15.1. The van der Waals surface area contributed by atoms with Gasteiger partial charge in [-0.3, -0.25) is 4.79 Å². The van der Waals surface area contributed by atoms with Crippen LogP contribution in [0.25, 0.3) is 0 Å². The van der Waals surface area contributed by atoms with Crippen molar-refractivity contribution in [3.63, 3.8) is 0 Å². The van der Waals surface area contributed by atoms with E-state index in [9.17, 15) is 9.59 Å². The van der Waals surface area contributed by atoms with E-state index in [4.69, 9.17) is 13.9 Å². The molecule has 6 heteroatoms. The minimum atomic E-state index is -0.434. The van der Waals surface area contributed by atoms with Gasteiger partial charge in [0.1, 0.15) is 6.61 Å². The number of rotatable bonds is 6. The normalized spacial score (nSPS) is 10.1. The molecule has 1 amide bonds. The van der Waals surface area contributed by atoms with Crippen LogP contribution in [0.5, 0.6) is 0 Å². The van der Waals surface area contributed by atoms with Gasteiger partial charge in [-0.1, -0.05) is 0 Å². The molecular formula is C15H15NO5. The Hall–Kier alpha value is -2.60. The molecule has 0 spiro atoms. The lowest BCUT2D eigenvalue weighted by atomic mass is 10.2. The molecule has 0 fully saturated rings. The van der Waals surface area contributed by atoms with Crippen LogP contribution in [0.1, 0.15) is 20.9 Å². The molecule has 2 rings (SSSR count). The van der Waals surface area contributed by atoms with E-state index in [1.807, 2.05) is 0 Å². The molecule has 110 valence electrons. The number of carbonyl (C=O) groups excluding carboxylic acids is 2. The van der Waals surface area contributed by atoms with E-state index in [1.54, 1.807) is 36.4 Å². The molecule has 0 aliphatic rings. The molecular weight excluding hydrogens is 274 g/mol. The second kappa shape index (κ2) is 7.25. The van der Waals surface area contributed by atoms with Crippen molar-refractivity contribution in [1.82, 2.24) is 0 Å². The van der Waals surface area contributed by atoms with Crippen LogP contribution in [0.3, 0.4) is 0 Å². The molecule has 0 radical (unpaired) electrons. The number of benzene rings is 1. The molecule has 1 N–H and O–H groups in total. The van der Waals surface area contributed by atoms with Crippen LogP contribution in [-0.4, -0.2) is 32.2 Å². The van der Waals surface area contributed by atoms with Crippen molar-refractivity contribution in [1.29, 1.82) is 0 Å². The van der Waals surface area contributed by atoms with Crippen LogP contribution in [0.4, 0.5) is 5.69 Å². The molecule has 0 unspecified atom stereocenters. The number of methoxy groups -OCH3 is 1. The van der Waals surface area contributed by atoms with Crippen molar-refractivity contribution in [2.45, 2.75) is 0 Å². The Balaban J connectivity index is 1.92. The van der Waals surface area contributed by atoms with Gasteiger partial charge in [0.15, 0.2) is 5.76 Å². The summed E-state index contributed by atoms with van der Waals surface area (Å²) in [6.07, 6.45) is 1.42. The average Bonchev–Trinajstić information content (AvgIpc) is 3.02. The van der Waals surface area contributed by atoms with E-state index in [1.165, 1.54) is 13.4 Å². The largest absolute Gasteiger partial charge is 0.460 e. The molecule has 1 aromatic heterocycles. The fourth-order valence-electron chi connectivity index (χ4n) is 1.59. The zero-order valence-electron chi connectivity index (χ0n) is 11.5. The molecule has 6 nitrogen and oxygen atoms in total. The van der Waals surface area contributed by atoms with E-state index in [2.05, 4.69) is 5.32 Å². The summed E-state index contributed by atoms with van der Waals surface area (Å²) in [6.45, 7) is 0.551. The average molecular weight is 289 g/mol. The van der Waals surface area contributed by atoms with E-state index in [-0.39, 0.29) is 18.3 Å². The Morgan fingerprint density at radius 2 is 1.90 bits per heavy atom. The number of hydrogen-bond acceptors (Lipinski definition) is 5. The Morgan fingerprint density at radius 3 is 2.52 bits per heavy atom. The first kappa shape index (κ1) is 14.8. The van der Waals surface area contributed by atoms with Crippen LogP contribution in [0, 0.1) is 0 Å². The third-order valence-electron chi connectivity index (χ3n) is 2.64. The molecule has 0 aliphatic heterocycles.